The second kappa shape index (κ2) is 3.69. The van der Waals surface area contributed by atoms with Gasteiger partial charge in [-0.1, -0.05) is 19.4 Å². The maximum atomic E-state index is 12.6. The zero-order chi connectivity index (χ0) is 15.1. The largest absolute Gasteiger partial charge is 0.326 e. The summed E-state index contributed by atoms with van der Waals surface area (Å²) in [5, 5.41) is 1.93. The lowest BCUT2D eigenvalue weighted by atomic mass is 10.1. The summed E-state index contributed by atoms with van der Waals surface area (Å²) in [5.41, 5.74) is -0.869. The van der Waals surface area contributed by atoms with Crippen molar-refractivity contribution in [1.29, 1.82) is 0 Å². The van der Waals surface area contributed by atoms with Gasteiger partial charge in [0, 0.05) is 12.5 Å². The molecule has 0 radical (unpaired) electrons. The molecule has 0 atom stereocenters. The van der Waals surface area contributed by atoms with Crippen LogP contribution in [0.4, 0.5) is 25.1 Å². The number of halogens is 5. The van der Waals surface area contributed by atoms with Gasteiger partial charge >= 0.3 is 10.2 Å². The minimum absolute atomic E-state index is 0.0691. The van der Waals surface area contributed by atoms with Crippen LogP contribution in [0.3, 0.4) is 0 Å². The van der Waals surface area contributed by atoms with Crippen LogP contribution in [0.2, 0.25) is 0 Å². The summed E-state index contributed by atoms with van der Waals surface area (Å²) in [7, 11) is -9.84. The quantitative estimate of drug-likeness (QED) is 0.660. The fourth-order valence-electron chi connectivity index (χ4n) is 1.36. The Morgan fingerprint density at radius 2 is 1.58 bits per heavy atom. The summed E-state index contributed by atoms with van der Waals surface area (Å²) in [6.45, 7) is 2.02. The smallest absolute Gasteiger partial charge is 0.310 e. The maximum Gasteiger partial charge on any atom is 0.310 e. The Bertz CT molecular complexity index is 567. The van der Waals surface area contributed by atoms with Gasteiger partial charge in [0.05, 0.1) is 5.69 Å². The molecule has 1 N–H and O–H groups in total. The number of Topliss-reactive ketones (excluding diaryl/α,β-unsaturated/α-hetero) is 1. The van der Waals surface area contributed by atoms with E-state index in [1.54, 1.807) is 0 Å². The molecule has 3 nitrogen and oxygen atoms in total. The molecule has 1 aromatic carbocycles. The molecule has 108 valence electrons. The van der Waals surface area contributed by atoms with Crippen LogP contribution in [-0.2, 0) is 4.79 Å². The van der Waals surface area contributed by atoms with Crippen LogP contribution < -0.4 is 5.32 Å². The van der Waals surface area contributed by atoms with Gasteiger partial charge in [-0.15, -0.1) is 0 Å². The first-order chi connectivity index (χ1) is 8.20. The molecule has 1 aromatic rings. The number of carbonyl (C=O) groups is 2. The maximum absolute atomic E-state index is 12.6. The molecular formula is C10H10F5NO2S. The van der Waals surface area contributed by atoms with Crippen LogP contribution in [0.5, 0.6) is 0 Å². The molecule has 0 bridgehead atoms. The first-order valence-electron chi connectivity index (χ1n) is 4.87. The first-order valence-corrected chi connectivity index (χ1v) is 6.82. The SMILES string of the molecule is CC(=O)Nc1cc(S(F)(F)(F)(F)F)ccc1C(C)=O. The summed E-state index contributed by atoms with van der Waals surface area (Å²) in [6.07, 6.45) is 0. The second-order valence-electron chi connectivity index (χ2n) is 3.91. The summed E-state index contributed by atoms with van der Waals surface area (Å²) in [4.78, 5) is 19.8. The van der Waals surface area contributed by atoms with E-state index >= 15 is 0 Å². The third-order valence-corrected chi connectivity index (χ3v) is 3.27. The van der Waals surface area contributed by atoms with E-state index in [1.807, 2.05) is 5.32 Å². The fourth-order valence-corrected chi connectivity index (χ4v) is 2.03. The number of carbonyl (C=O) groups excluding carboxylic acids is 2. The Hall–Kier alpha value is -1.64. The highest BCUT2D eigenvalue weighted by Crippen LogP contribution is 3.02. The second-order valence-corrected chi connectivity index (χ2v) is 6.32. The van der Waals surface area contributed by atoms with E-state index in [4.69, 9.17) is 0 Å². The van der Waals surface area contributed by atoms with Gasteiger partial charge in [0.1, 0.15) is 4.90 Å². The third-order valence-electron chi connectivity index (χ3n) is 2.13. The van der Waals surface area contributed by atoms with Crippen molar-refractivity contribution in [2.75, 3.05) is 5.32 Å². The monoisotopic (exact) mass is 303 g/mol. The van der Waals surface area contributed by atoms with Gasteiger partial charge in [0.2, 0.25) is 5.91 Å². The van der Waals surface area contributed by atoms with Crippen LogP contribution in [0.1, 0.15) is 24.2 Å². The van der Waals surface area contributed by atoms with E-state index in [0.717, 1.165) is 13.8 Å². The zero-order valence-corrected chi connectivity index (χ0v) is 10.7. The number of hydrogen-bond acceptors (Lipinski definition) is 2. The van der Waals surface area contributed by atoms with Gasteiger partial charge in [0.15, 0.2) is 5.78 Å². The van der Waals surface area contributed by atoms with E-state index in [0.29, 0.717) is 6.07 Å². The van der Waals surface area contributed by atoms with Gasteiger partial charge in [-0.05, 0) is 25.1 Å². The number of amides is 1. The molecule has 0 heterocycles. The highest BCUT2D eigenvalue weighted by molar-refractivity contribution is 8.45. The van der Waals surface area contributed by atoms with Crippen molar-refractivity contribution >= 4 is 27.6 Å². The normalized spacial score (nSPS) is 15.3. The Balaban J connectivity index is 3.52. The van der Waals surface area contributed by atoms with Crippen molar-refractivity contribution in [3.05, 3.63) is 23.8 Å². The lowest BCUT2D eigenvalue weighted by molar-refractivity contribution is -0.114. The van der Waals surface area contributed by atoms with Crippen LogP contribution >= 0.6 is 10.2 Å². The van der Waals surface area contributed by atoms with Crippen molar-refractivity contribution in [2.24, 2.45) is 0 Å². The Kier molecular flexibility index (Phi) is 2.99. The zero-order valence-electron chi connectivity index (χ0n) is 9.85. The summed E-state index contributed by atoms with van der Waals surface area (Å²) in [6, 6.07) is 0.810. The van der Waals surface area contributed by atoms with Crippen molar-refractivity contribution in [1.82, 2.24) is 0 Å². The molecule has 0 aliphatic carbocycles. The predicted octanol–water partition coefficient (Wildman–Crippen LogP) is 4.51. The summed E-state index contributed by atoms with van der Waals surface area (Å²) >= 11 is 0. The van der Waals surface area contributed by atoms with E-state index in [9.17, 15) is 29.0 Å². The minimum atomic E-state index is -9.84. The number of nitrogens with one attached hydrogen (secondary N) is 1. The van der Waals surface area contributed by atoms with Crippen LogP contribution in [0, 0.1) is 0 Å². The lowest BCUT2D eigenvalue weighted by Gasteiger charge is -2.40. The molecule has 0 aliphatic heterocycles. The summed E-state index contributed by atoms with van der Waals surface area (Å²) < 4.78 is 63.0. The van der Waals surface area contributed by atoms with Gasteiger partial charge < -0.3 is 5.32 Å². The molecule has 0 unspecified atom stereocenters. The molecule has 1 amide bonds. The van der Waals surface area contributed by atoms with Crippen molar-refractivity contribution in [3.8, 4) is 0 Å². The van der Waals surface area contributed by atoms with E-state index < -0.39 is 32.5 Å². The molecule has 0 saturated carbocycles. The molecule has 19 heavy (non-hydrogen) atoms. The van der Waals surface area contributed by atoms with Crippen LogP contribution in [0.15, 0.2) is 23.1 Å². The van der Waals surface area contributed by atoms with Crippen LogP contribution in [-0.4, -0.2) is 11.7 Å². The van der Waals surface area contributed by atoms with E-state index in [2.05, 4.69) is 0 Å². The van der Waals surface area contributed by atoms with Gasteiger partial charge in [-0.3, -0.25) is 9.59 Å². The van der Waals surface area contributed by atoms with Gasteiger partial charge in [-0.25, -0.2) is 0 Å². The minimum Gasteiger partial charge on any atom is -0.326 e. The van der Waals surface area contributed by atoms with Gasteiger partial charge in [-0.2, -0.15) is 0 Å². The average Bonchev–Trinajstić information content (AvgIpc) is 2.12. The molecule has 0 fully saturated rings. The molecule has 0 aromatic heterocycles. The molecule has 0 aliphatic rings. The predicted molar refractivity (Wildman–Crippen MR) is 62.1 cm³/mol. The number of anilines is 1. The fraction of sp³-hybridized carbons (Fsp3) is 0.200. The Morgan fingerprint density at radius 3 is 1.95 bits per heavy atom. The highest BCUT2D eigenvalue weighted by atomic mass is 32.5. The van der Waals surface area contributed by atoms with E-state index in [-0.39, 0.29) is 17.7 Å². The molecule has 9 heteroatoms. The molecule has 1 rings (SSSR count). The molecule has 0 spiro atoms. The number of ketones is 1. The van der Waals surface area contributed by atoms with Crippen molar-refractivity contribution in [3.63, 3.8) is 0 Å². The topological polar surface area (TPSA) is 46.2 Å². The van der Waals surface area contributed by atoms with Gasteiger partial charge in [0.25, 0.3) is 0 Å². The standard InChI is InChI=1S/C10H10F5NO2S/c1-6(17)9-4-3-8(19(11,12,13,14)15)5-10(9)16-7(2)18/h3-5H,1-2H3,(H,16,18). The number of benzene rings is 1. The van der Waals surface area contributed by atoms with Crippen molar-refractivity contribution in [2.45, 2.75) is 18.7 Å². The van der Waals surface area contributed by atoms with Crippen LogP contribution in [0.25, 0.3) is 0 Å². The third kappa shape index (κ3) is 3.91. The average molecular weight is 303 g/mol. The van der Waals surface area contributed by atoms with Crippen molar-refractivity contribution < 1.29 is 29.0 Å². The molecule has 0 saturated heterocycles. The lowest BCUT2D eigenvalue weighted by Crippen LogP contribution is -2.12. The highest BCUT2D eigenvalue weighted by Gasteiger charge is 2.65. The summed E-state index contributed by atoms with van der Waals surface area (Å²) in [5.74, 6) is -1.43. The number of hydrogen-bond donors (Lipinski definition) is 1. The Labute approximate surface area is 105 Å². The molecular weight excluding hydrogens is 293 g/mol. The first kappa shape index (κ1) is 15.4. The van der Waals surface area contributed by atoms with E-state index in [1.165, 1.54) is 0 Å². The number of rotatable bonds is 3. The Morgan fingerprint density at radius 1 is 1.05 bits per heavy atom.